The number of rotatable bonds is 4. The summed E-state index contributed by atoms with van der Waals surface area (Å²) in [4.78, 5) is 16.4. The maximum atomic E-state index is 12.3. The highest BCUT2D eigenvalue weighted by atomic mass is 16.5. The van der Waals surface area contributed by atoms with Crippen molar-refractivity contribution in [2.24, 2.45) is 0 Å². The van der Waals surface area contributed by atoms with Crippen molar-refractivity contribution >= 4 is 5.91 Å². The van der Waals surface area contributed by atoms with Crippen LogP contribution in [0.25, 0.3) is 11.3 Å². The summed E-state index contributed by atoms with van der Waals surface area (Å²) in [6, 6.07) is 7.16. The number of carbonyl (C=O) groups is 1. The van der Waals surface area contributed by atoms with Crippen molar-refractivity contribution in [1.29, 1.82) is 0 Å². The van der Waals surface area contributed by atoms with Gasteiger partial charge in [-0.25, -0.2) is 0 Å². The van der Waals surface area contributed by atoms with E-state index in [1.807, 2.05) is 6.07 Å². The Kier molecular flexibility index (Phi) is 3.51. The van der Waals surface area contributed by atoms with E-state index in [9.17, 15) is 4.79 Å². The highest BCUT2D eigenvalue weighted by Crippen LogP contribution is 2.25. The molecular formula is C15H13N3O3. The Bertz CT molecular complexity index is 733. The summed E-state index contributed by atoms with van der Waals surface area (Å²) < 4.78 is 10.4. The first-order chi connectivity index (χ1) is 10.3. The van der Waals surface area contributed by atoms with Crippen LogP contribution in [0, 0.1) is 6.92 Å². The maximum Gasteiger partial charge on any atom is 0.257 e. The number of furan rings is 1. The molecule has 3 rings (SSSR count). The Hall–Kier alpha value is -2.89. The fraction of sp³-hybridized carbons (Fsp3) is 0.133. The number of hydrogen-bond acceptors (Lipinski definition) is 5. The molecule has 21 heavy (non-hydrogen) atoms. The molecule has 106 valence electrons. The van der Waals surface area contributed by atoms with Gasteiger partial charge in [0.05, 0.1) is 18.5 Å². The van der Waals surface area contributed by atoms with Gasteiger partial charge in [-0.05, 0) is 31.2 Å². The van der Waals surface area contributed by atoms with Crippen LogP contribution in [0.15, 0.2) is 51.9 Å². The molecule has 1 N–H and O–H groups in total. The highest BCUT2D eigenvalue weighted by Gasteiger charge is 2.21. The van der Waals surface area contributed by atoms with Crippen molar-refractivity contribution in [2.75, 3.05) is 0 Å². The van der Waals surface area contributed by atoms with Crippen molar-refractivity contribution in [1.82, 2.24) is 15.5 Å². The van der Waals surface area contributed by atoms with Crippen LogP contribution in [-0.2, 0) is 6.54 Å². The lowest BCUT2D eigenvalue weighted by atomic mass is 10.1. The van der Waals surface area contributed by atoms with Crippen LogP contribution < -0.4 is 5.32 Å². The average molecular weight is 283 g/mol. The second-order valence-corrected chi connectivity index (χ2v) is 4.48. The molecule has 1 amide bonds. The largest absolute Gasteiger partial charge is 0.467 e. The number of aryl methyl sites for hydroxylation is 1. The maximum absolute atomic E-state index is 12.3. The lowest BCUT2D eigenvalue weighted by Gasteiger charge is -2.04. The third kappa shape index (κ3) is 2.69. The predicted molar refractivity (Wildman–Crippen MR) is 74.3 cm³/mol. The molecule has 0 bridgehead atoms. The van der Waals surface area contributed by atoms with Crippen molar-refractivity contribution in [3.05, 3.63) is 59.9 Å². The SMILES string of the molecule is Cc1noc(-c2cccnc2)c1C(=O)NCc1ccco1. The van der Waals surface area contributed by atoms with E-state index in [4.69, 9.17) is 8.94 Å². The van der Waals surface area contributed by atoms with E-state index < -0.39 is 0 Å². The van der Waals surface area contributed by atoms with E-state index in [1.54, 1.807) is 43.8 Å². The number of aromatic nitrogens is 2. The molecule has 6 nitrogen and oxygen atoms in total. The van der Waals surface area contributed by atoms with Gasteiger partial charge >= 0.3 is 0 Å². The first kappa shape index (κ1) is 13.1. The first-order valence-electron chi connectivity index (χ1n) is 6.43. The molecule has 0 unspecified atom stereocenters. The Morgan fingerprint density at radius 3 is 2.95 bits per heavy atom. The molecule has 0 aliphatic rings. The number of amides is 1. The zero-order valence-electron chi connectivity index (χ0n) is 11.4. The molecular weight excluding hydrogens is 270 g/mol. The van der Waals surface area contributed by atoms with Crippen LogP contribution in [0.1, 0.15) is 21.8 Å². The Labute approximate surface area is 120 Å². The zero-order valence-corrected chi connectivity index (χ0v) is 11.4. The average Bonchev–Trinajstić information content (AvgIpc) is 3.15. The standard InChI is InChI=1S/C15H13N3O3/c1-10-13(15(19)17-9-12-5-3-7-20-12)14(21-18-10)11-4-2-6-16-8-11/h2-8H,9H2,1H3,(H,17,19). The number of carbonyl (C=O) groups excluding carboxylic acids is 1. The van der Waals surface area contributed by atoms with E-state index in [1.165, 1.54) is 0 Å². The van der Waals surface area contributed by atoms with E-state index in [0.717, 1.165) is 0 Å². The summed E-state index contributed by atoms with van der Waals surface area (Å²) in [7, 11) is 0. The van der Waals surface area contributed by atoms with E-state index >= 15 is 0 Å². The molecule has 0 radical (unpaired) electrons. The summed E-state index contributed by atoms with van der Waals surface area (Å²) in [6.45, 7) is 2.04. The number of nitrogens with zero attached hydrogens (tertiary/aromatic N) is 2. The van der Waals surface area contributed by atoms with E-state index in [2.05, 4.69) is 15.5 Å². The minimum absolute atomic E-state index is 0.260. The molecule has 0 fully saturated rings. The fourth-order valence-electron chi connectivity index (χ4n) is 2.00. The number of hydrogen-bond donors (Lipinski definition) is 1. The third-order valence-electron chi connectivity index (χ3n) is 3.02. The topological polar surface area (TPSA) is 81.2 Å². The van der Waals surface area contributed by atoms with Crippen molar-refractivity contribution in [2.45, 2.75) is 13.5 Å². The van der Waals surface area contributed by atoms with Gasteiger partial charge in [-0.2, -0.15) is 0 Å². The third-order valence-corrected chi connectivity index (χ3v) is 3.02. The molecule has 3 aromatic rings. The van der Waals surface area contributed by atoms with Gasteiger partial charge in [0.15, 0.2) is 5.76 Å². The summed E-state index contributed by atoms with van der Waals surface area (Å²) in [6.07, 6.45) is 4.85. The van der Waals surface area contributed by atoms with E-state index in [0.29, 0.717) is 34.9 Å². The van der Waals surface area contributed by atoms with Crippen molar-refractivity contribution in [3.8, 4) is 11.3 Å². The van der Waals surface area contributed by atoms with Crippen LogP contribution in [-0.4, -0.2) is 16.0 Å². The Balaban J connectivity index is 1.84. The van der Waals surface area contributed by atoms with Crippen molar-refractivity contribution < 1.29 is 13.7 Å². The molecule has 6 heteroatoms. The summed E-state index contributed by atoms with van der Waals surface area (Å²) >= 11 is 0. The summed E-state index contributed by atoms with van der Waals surface area (Å²) in [5.74, 6) is 0.835. The van der Waals surface area contributed by atoms with Crippen LogP contribution in [0.2, 0.25) is 0 Å². The van der Waals surface area contributed by atoms with Gasteiger partial charge in [0.2, 0.25) is 0 Å². The second-order valence-electron chi connectivity index (χ2n) is 4.48. The fourth-order valence-corrected chi connectivity index (χ4v) is 2.00. The Morgan fingerprint density at radius 1 is 1.33 bits per heavy atom. The van der Waals surface area contributed by atoms with E-state index in [-0.39, 0.29) is 5.91 Å². The van der Waals surface area contributed by atoms with Gasteiger partial charge in [-0.3, -0.25) is 9.78 Å². The molecule has 0 aromatic carbocycles. The number of nitrogens with one attached hydrogen (secondary N) is 1. The van der Waals surface area contributed by atoms with Crippen LogP contribution in [0.4, 0.5) is 0 Å². The monoisotopic (exact) mass is 283 g/mol. The van der Waals surface area contributed by atoms with Crippen LogP contribution in [0.3, 0.4) is 0 Å². The smallest absolute Gasteiger partial charge is 0.257 e. The van der Waals surface area contributed by atoms with Gasteiger partial charge in [-0.15, -0.1) is 0 Å². The number of pyridine rings is 1. The van der Waals surface area contributed by atoms with Crippen LogP contribution in [0.5, 0.6) is 0 Å². The highest BCUT2D eigenvalue weighted by molar-refractivity contribution is 6.00. The van der Waals surface area contributed by atoms with Crippen LogP contribution >= 0.6 is 0 Å². The van der Waals surface area contributed by atoms with Gasteiger partial charge in [-0.1, -0.05) is 5.16 Å². The van der Waals surface area contributed by atoms with Gasteiger partial charge in [0, 0.05) is 18.0 Å². The van der Waals surface area contributed by atoms with Gasteiger partial charge < -0.3 is 14.3 Å². The molecule has 0 aliphatic carbocycles. The summed E-state index contributed by atoms with van der Waals surface area (Å²) in [5, 5.41) is 6.66. The van der Waals surface area contributed by atoms with Gasteiger partial charge in [0.25, 0.3) is 5.91 Å². The molecule has 3 aromatic heterocycles. The summed E-state index contributed by atoms with van der Waals surface area (Å²) in [5.41, 5.74) is 1.65. The molecule has 0 saturated carbocycles. The van der Waals surface area contributed by atoms with Gasteiger partial charge in [0.1, 0.15) is 11.3 Å². The second kappa shape index (κ2) is 5.62. The minimum Gasteiger partial charge on any atom is -0.467 e. The quantitative estimate of drug-likeness (QED) is 0.795. The normalized spacial score (nSPS) is 10.5. The molecule has 0 saturated heterocycles. The van der Waals surface area contributed by atoms with Crippen molar-refractivity contribution in [3.63, 3.8) is 0 Å². The first-order valence-corrected chi connectivity index (χ1v) is 6.43. The lowest BCUT2D eigenvalue weighted by Crippen LogP contribution is -2.23. The molecule has 0 spiro atoms. The zero-order chi connectivity index (χ0) is 14.7. The molecule has 3 heterocycles. The molecule has 0 atom stereocenters. The minimum atomic E-state index is -0.260. The predicted octanol–water partition coefficient (Wildman–Crippen LogP) is 2.57. The molecule has 0 aliphatic heterocycles. The lowest BCUT2D eigenvalue weighted by molar-refractivity contribution is 0.0947. The Morgan fingerprint density at radius 2 is 2.24 bits per heavy atom.